The molecule has 0 aliphatic carbocycles. The summed E-state index contributed by atoms with van der Waals surface area (Å²) in [5, 5.41) is 10.9. The van der Waals surface area contributed by atoms with E-state index in [1.54, 1.807) is 6.20 Å². The number of fused-ring (bicyclic) bond motifs is 3. The highest BCUT2D eigenvalue weighted by Gasteiger charge is 2.09. The summed E-state index contributed by atoms with van der Waals surface area (Å²) in [5.41, 5.74) is 3.06. The normalized spacial score (nSPS) is 11.4. The molecule has 3 nitrogen and oxygen atoms in total. The molecule has 0 unspecified atom stereocenters. The lowest BCUT2D eigenvalue weighted by Gasteiger charge is -2.10. The van der Waals surface area contributed by atoms with Gasteiger partial charge in [-0.1, -0.05) is 11.6 Å². The van der Waals surface area contributed by atoms with Crippen molar-refractivity contribution in [3.63, 3.8) is 0 Å². The largest absolute Gasteiger partial charge is 0.350 e. The van der Waals surface area contributed by atoms with E-state index in [1.165, 1.54) is 0 Å². The summed E-state index contributed by atoms with van der Waals surface area (Å²) < 4.78 is 2.07. The molecule has 0 saturated heterocycles. The third-order valence-corrected chi connectivity index (χ3v) is 3.37. The number of benzene rings is 1. The van der Waals surface area contributed by atoms with Crippen LogP contribution in [0.25, 0.3) is 21.8 Å². The van der Waals surface area contributed by atoms with Crippen molar-refractivity contribution in [3.8, 4) is 0 Å². The van der Waals surface area contributed by atoms with Crippen molar-refractivity contribution in [1.29, 1.82) is 0 Å². The molecule has 0 fully saturated rings. The summed E-state index contributed by atoms with van der Waals surface area (Å²) in [6, 6.07) is 3.96. The molecule has 1 aromatic carbocycles. The molecule has 3 aromatic rings. The van der Waals surface area contributed by atoms with Crippen LogP contribution in [0.2, 0.25) is 5.02 Å². The van der Waals surface area contributed by atoms with Gasteiger partial charge in [0.25, 0.3) is 0 Å². The summed E-state index contributed by atoms with van der Waals surface area (Å²) in [7, 11) is 2.01. The van der Waals surface area contributed by atoms with E-state index in [-0.39, 0.29) is 0 Å². The Morgan fingerprint density at radius 2 is 2.06 bits per heavy atom. The minimum Gasteiger partial charge on any atom is -0.350 e. The number of aromatic nitrogens is 3. The van der Waals surface area contributed by atoms with Gasteiger partial charge in [-0.05, 0) is 24.6 Å². The van der Waals surface area contributed by atoms with Crippen LogP contribution >= 0.6 is 11.6 Å². The molecule has 4 heteroatoms. The number of pyridine rings is 1. The van der Waals surface area contributed by atoms with E-state index in [9.17, 15) is 0 Å². The predicted molar refractivity (Wildman–Crippen MR) is 65.8 cm³/mol. The first-order chi connectivity index (χ1) is 7.68. The van der Waals surface area contributed by atoms with Crippen molar-refractivity contribution in [3.05, 3.63) is 35.1 Å². The smallest absolute Gasteiger partial charge is 0.0966 e. The number of rotatable bonds is 0. The second kappa shape index (κ2) is 3.19. The predicted octanol–water partition coefficient (Wildman–Crippen LogP) is 3.08. The quantitative estimate of drug-likeness (QED) is 0.595. The topological polar surface area (TPSA) is 30.7 Å². The van der Waals surface area contributed by atoms with E-state index >= 15 is 0 Å². The first kappa shape index (κ1) is 9.60. The summed E-state index contributed by atoms with van der Waals surface area (Å²) in [6.45, 7) is 2.01. The monoisotopic (exact) mass is 231 g/mol. The Morgan fingerprint density at radius 1 is 1.25 bits per heavy atom. The Balaban J connectivity index is 2.65. The molecule has 2 aromatic heterocycles. The van der Waals surface area contributed by atoms with Crippen LogP contribution in [0.4, 0.5) is 0 Å². The minimum absolute atomic E-state index is 0.802. The molecule has 0 aliphatic heterocycles. The second-order valence-electron chi connectivity index (χ2n) is 3.98. The zero-order valence-corrected chi connectivity index (χ0v) is 9.78. The van der Waals surface area contributed by atoms with Crippen molar-refractivity contribution >= 4 is 33.4 Å². The van der Waals surface area contributed by atoms with E-state index in [0.717, 1.165) is 32.4 Å². The van der Waals surface area contributed by atoms with E-state index in [4.69, 9.17) is 11.6 Å². The van der Waals surface area contributed by atoms with Gasteiger partial charge in [-0.2, -0.15) is 10.2 Å². The van der Waals surface area contributed by atoms with Crippen molar-refractivity contribution < 1.29 is 0 Å². The van der Waals surface area contributed by atoms with Crippen molar-refractivity contribution in [1.82, 2.24) is 14.8 Å². The molecule has 0 spiro atoms. The molecule has 0 radical (unpaired) electrons. The number of nitrogens with zero attached hydrogens (tertiary/aromatic N) is 3. The molecule has 0 aliphatic rings. The third-order valence-electron chi connectivity index (χ3n) is 2.87. The molecular weight excluding hydrogens is 222 g/mol. The zero-order valence-electron chi connectivity index (χ0n) is 9.03. The lowest BCUT2D eigenvalue weighted by Crippen LogP contribution is -1.95. The molecular formula is C12H10ClN3. The summed E-state index contributed by atoms with van der Waals surface area (Å²) in [5.74, 6) is 0. The van der Waals surface area contributed by atoms with Gasteiger partial charge in [0.1, 0.15) is 0 Å². The first-order valence-electron chi connectivity index (χ1n) is 5.04. The van der Waals surface area contributed by atoms with Crippen LogP contribution in [-0.2, 0) is 7.05 Å². The van der Waals surface area contributed by atoms with E-state index in [0.29, 0.717) is 0 Å². The molecule has 2 heterocycles. The molecule has 16 heavy (non-hydrogen) atoms. The maximum Gasteiger partial charge on any atom is 0.0966 e. The molecule has 0 atom stereocenters. The van der Waals surface area contributed by atoms with Gasteiger partial charge in [0, 0.05) is 24.0 Å². The van der Waals surface area contributed by atoms with Gasteiger partial charge in [-0.15, -0.1) is 0 Å². The van der Waals surface area contributed by atoms with E-state index < -0.39 is 0 Å². The Labute approximate surface area is 97.7 Å². The average molecular weight is 232 g/mol. The fourth-order valence-electron chi connectivity index (χ4n) is 2.14. The highest BCUT2D eigenvalue weighted by Crippen LogP contribution is 2.30. The van der Waals surface area contributed by atoms with Crippen molar-refractivity contribution in [2.24, 2.45) is 7.05 Å². The Kier molecular flexibility index (Phi) is 1.91. The molecule has 0 N–H and O–H groups in total. The van der Waals surface area contributed by atoms with Gasteiger partial charge in [-0.25, -0.2) is 0 Å². The fraction of sp³-hybridized carbons (Fsp3) is 0.167. The summed E-state index contributed by atoms with van der Waals surface area (Å²) >= 11 is 6.31. The maximum absolute atomic E-state index is 6.31. The van der Waals surface area contributed by atoms with Crippen molar-refractivity contribution in [2.45, 2.75) is 6.92 Å². The zero-order chi connectivity index (χ0) is 11.3. The van der Waals surface area contributed by atoms with Crippen molar-refractivity contribution in [2.75, 3.05) is 0 Å². The molecule has 0 bridgehead atoms. The van der Waals surface area contributed by atoms with Gasteiger partial charge >= 0.3 is 0 Å². The minimum atomic E-state index is 0.802. The average Bonchev–Trinajstić information content (AvgIpc) is 2.72. The summed E-state index contributed by atoms with van der Waals surface area (Å²) in [4.78, 5) is 0. The second-order valence-corrected chi connectivity index (χ2v) is 4.35. The number of hydrogen-bond donors (Lipinski definition) is 0. The van der Waals surface area contributed by atoms with Crippen LogP contribution in [0.5, 0.6) is 0 Å². The van der Waals surface area contributed by atoms with Gasteiger partial charge in [0.15, 0.2) is 0 Å². The van der Waals surface area contributed by atoms with Gasteiger partial charge in [0.05, 0.1) is 22.3 Å². The summed E-state index contributed by atoms with van der Waals surface area (Å²) in [6.07, 6.45) is 3.81. The Bertz CT molecular complexity index is 700. The van der Waals surface area contributed by atoms with Gasteiger partial charge in [0.2, 0.25) is 0 Å². The number of hydrogen-bond acceptors (Lipinski definition) is 2. The fourth-order valence-corrected chi connectivity index (χ4v) is 2.34. The number of halogens is 1. The van der Waals surface area contributed by atoms with E-state index in [2.05, 4.69) is 14.8 Å². The number of aryl methyl sites for hydroxylation is 2. The van der Waals surface area contributed by atoms with Gasteiger partial charge in [-0.3, -0.25) is 0 Å². The Morgan fingerprint density at radius 3 is 2.88 bits per heavy atom. The maximum atomic E-state index is 6.31. The lowest BCUT2D eigenvalue weighted by atomic mass is 10.1. The van der Waals surface area contributed by atoms with Gasteiger partial charge < -0.3 is 4.57 Å². The first-order valence-corrected chi connectivity index (χ1v) is 5.42. The van der Waals surface area contributed by atoms with E-state index in [1.807, 2.05) is 32.3 Å². The molecule has 0 saturated carbocycles. The highest BCUT2D eigenvalue weighted by molar-refractivity contribution is 6.36. The van der Waals surface area contributed by atoms with Crippen LogP contribution in [0, 0.1) is 6.92 Å². The van der Waals surface area contributed by atoms with Crippen LogP contribution in [0.15, 0.2) is 24.5 Å². The Hall–Kier alpha value is -1.61. The lowest BCUT2D eigenvalue weighted by molar-refractivity contribution is 0.947. The highest BCUT2D eigenvalue weighted by atomic mass is 35.5. The van der Waals surface area contributed by atoms with Crippen LogP contribution in [0.1, 0.15) is 5.56 Å². The SMILES string of the molecule is Cc1cn(C)c2c(ccc3nncc32)c1Cl. The van der Waals surface area contributed by atoms with Crippen LogP contribution in [0.3, 0.4) is 0 Å². The standard InChI is InChI=1S/C12H10ClN3/c1-7-6-16(2)12-8(11(7)13)3-4-10-9(12)5-14-15-10/h3-6H,1-2H3. The van der Waals surface area contributed by atoms with Crippen LogP contribution in [-0.4, -0.2) is 14.8 Å². The molecule has 0 amide bonds. The van der Waals surface area contributed by atoms with Crippen LogP contribution < -0.4 is 0 Å². The molecule has 3 rings (SSSR count). The third kappa shape index (κ3) is 1.15. The molecule has 80 valence electrons.